The number of methoxy groups -OCH3 is 1. The molecule has 0 spiro atoms. The zero-order chi connectivity index (χ0) is 10.4. The summed E-state index contributed by atoms with van der Waals surface area (Å²) in [5.74, 6) is 0. The second kappa shape index (κ2) is 6.35. The van der Waals surface area contributed by atoms with Gasteiger partial charge in [-0.1, -0.05) is 0 Å². The summed E-state index contributed by atoms with van der Waals surface area (Å²) in [7, 11) is 1.65. The van der Waals surface area contributed by atoms with Gasteiger partial charge in [-0.25, -0.2) is 0 Å². The Labute approximate surface area is 85.3 Å². The minimum Gasteiger partial charge on any atom is -0.396 e. The summed E-state index contributed by atoms with van der Waals surface area (Å²) in [4.78, 5) is 0. The summed E-state index contributed by atoms with van der Waals surface area (Å²) in [6.45, 7) is 0.744. The molecule has 1 unspecified atom stereocenters. The van der Waals surface area contributed by atoms with Gasteiger partial charge in [0.15, 0.2) is 0 Å². The van der Waals surface area contributed by atoms with Gasteiger partial charge in [0.25, 0.3) is 0 Å². The van der Waals surface area contributed by atoms with Crippen LogP contribution in [0.25, 0.3) is 0 Å². The van der Waals surface area contributed by atoms with E-state index in [-0.39, 0.29) is 24.8 Å². The molecule has 3 atom stereocenters. The van der Waals surface area contributed by atoms with Crippen molar-refractivity contribution in [2.24, 2.45) is 0 Å². The third-order valence-electron chi connectivity index (χ3n) is 2.77. The van der Waals surface area contributed by atoms with Crippen LogP contribution in [0.15, 0.2) is 0 Å². The molecule has 0 bridgehead atoms. The van der Waals surface area contributed by atoms with E-state index >= 15 is 0 Å². The average Bonchev–Trinajstić information content (AvgIpc) is 2.53. The Bertz CT molecular complexity index is 148. The molecule has 1 aliphatic rings. The van der Waals surface area contributed by atoms with E-state index in [9.17, 15) is 5.11 Å². The van der Waals surface area contributed by atoms with Gasteiger partial charge in [-0.2, -0.15) is 0 Å². The van der Waals surface area contributed by atoms with Crippen molar-refractivity contribution < 1.29 is 14.9 Å². The largest absolute Gasteiger partial charge is 0.396 e. The van der Waals surface area contributed by atoms with Gasteiger partial charge in [-0.3, -0.25) is 0 Å². The topological polar surface area (TPSA) is 61.7 Å². The average molecular weight is 203 g/mol. The van der Waals surface area contributed by atoms with E-state index in [1.807, 2.05) is 0 Å². The molecule has 4 nitrogen and oxygen atoms in total. The van der Waals surface area contributed by atoms with Crippen molar-refractivity contribution in [3.8, 4) is 0 Å². The molecule has 14 heavy (non-hydrogen) atoms. The molecule has 0 aromatic heterocycles. The predicted molar refractivity (Wildman–Crippen MR) is 54.1 cm³/mol. The molecule has 0 amide bonds. The lowest BCUT2D eigenvalue weighted by molar-refractivity contribution is 0.108. The van der Waals surface area contributed by atoms with Gasteiger partial charge < -0.3 is 20.3 Å². The van der Waals surface area contributed by atoms with Crippen LogP contribution >= 0.6 is 0 Å². The minimum atomic E-state index is -0.229. The molecule has 1 rings (SSSR count). The number of ether oxygens (including phenoxy) is 1. The van der Waals surface area contributed by atoms with Crippen LogP contribution in [0.5, 0.6) is 0 Å². The van der Waals surface area contributed by atoms with Crippen LogP contribution in [-0.2, 0) is 4.74 Å². The lowest BCUT2D eigenvalue weighted by Gasteiger charge is -2.23. The van der Waals surface area contributed by atoms with E-state index in [1.165, 1.54) is 0 Å². The molecule has 0 aromatic carbocycles. The van der Waals surface area contributed by atoms with Crippen LogP contribution < -0.4 is 5.32 Å². The fourth-order valence-corrected chi connectivity index (χ4v) is 2.01. The molecular weight excluding hydrogens is 182 g/mol. The Morgan fingerprint density at radius 1 is 1.50 bits per heavy atom. The quantitative estimate of drug-likeness (QED) is 0.563. The number of nitrogens with one attached hydrogen (secondary N) is 1. The molecule has 1 aliphatic carbocycles. The van der Waals surface area contributed by atoms with Crippen molar-refractivity contribution in [3.63, 3.8) is 0 Å². The summed E-state index contributed by atoms with van der Waals surface area (Å²) < 4.78 is 5.05. The normalized spacial score (nSPS) is 29.4. The first-order valence-electron chi connectivity index (χ1n) is 5.32. The Morgan fingerprint density at radius 3 is 2.79 bits per heavy atom. The van der Waals surface area contributed by atoms with E-state index in [2.05, 4.69) is 5.32 Å². The number of aliphatic hydroxyl groups excluding tert-OH is 2. The third-order valence-corrected chi connectivity index (χ3v) is 2.77. The summed E-state index contributed by atoms with van der Waals surface area (Å²) in [6.07, 6.45) is 3.44. The maximum Gasteiger partial charge on any atom is 0.0693 e. The van der Waals surface area contributed by atoms with Crippen LogP contribution in [0, 0.1) is 0 Å². The Hall–Kier alpha value is -0.160. The van der Waals surface area contributed by atoms with Gasteiger partial charge in [0.05, 0.1) is 12.7 Å². The highest BCUT2D eigenvalue weighted by molar-refractivity contribution is 4.85. The SMILES string of the molecule is COCC(CCO)N[C@H]1CCC[C@@H]1O. The number of aliphatic hydroxyl groups is 2. The number of hydrogen-bond acceptors (Lipinski definition) is 4. The van der Waals surface area contributed by atoms with Crippen molar-refractivity contribution in [2.75, 3.05) is 20.3 Å². The van der Waals surface area contributed by atoms with Crippen LogP contribution in [0.2, 0.25) is 0 Å². The van der Waals surface area contributed by atoms with E-state index in [1.54, 1.807) is 7.11 Å². The van der Waals surface area contributed by atoms with Crippen LogP contribution in [0.4, 0.5) is 0 Å². The summed E-state index contributed by atoms with van der Waals surface area (Å²) in [5.41, 5.74) is 0. The van der Waals surface area contributed by atoms with Gasteiger partial charge in [0, 0.05) is 25.8 Å². The first-order valence-corrected chi connectivity index (χ1v) is 5.32. The van der Waals surface area contributed by atoms with Crippen molar-refractivity contribution in [3.05, 3.63) is 0 Å². The van der Waals surface area contributed by atoms with E-state index < -0.39 is 0 Å². The first-order chi connectivity index (χ1) is 6.77. The highest BCUT2D eigenvalue weighted by Crippen LogP contribution is 2.19. The fourth-order valence-electron chi connectivity index (χ4n) is 2.01. The molecule has 0 saturated heterocycles. The second-order valence-electron chi connectivity index (χ2n) is 3.94. The Morgan fingerprint density at radius 2 is 2.29 bits per heavy atom. The summed E-state index contributed by atoms with van der Waals surface area (Å²) >= 11 is 0. The molecular formula is C10H21NO3. The second-order valence-corrected chi connectivity index (χ2v) is 3.94. The maximum absolute atomic E-state index is 9.61. The molecule has 84 valence electrons. The Kier molecular flexibility index (Phi) is 5.40. The lowest BCUT2D eigenvalue weighted by atomic mass is 10.1. The van der Waals surface area contributed by atoms with Crippen molar-refractivity contribution in [2.45, 2.75) is 43.9 Å². The summed E-state index contributed by atoms with van der Waals surface area (Å²) in [5, 5.41) is 21.8. The highest BCUT2D eigenvalue weighted by Gasteiger charge is 2.26. The standard InChI is InChI=1S/C10H21NO3/c1-14-7-8(5-6-12)11-9-3-2-4-10(9)13/h8-13H,2-7H2,1H3/t8?,9-,10-/m0/s1. The molecule has 0 aliphatic heterocycles. The number of hydrogen-bond donors (Lipinski definition) is 3. The molecule has 1 saturated carbocycles. The van der Waals surface area contributed by atoms with Gasteiger partial charge in [0.2, 0.25) is 0 Å². The number of rotatable bonds is 6. The molecule has 1 fully saturated rings. The van der Waals surface area contributed by atoms with Gasteiger partial charge in [0.1, 0.15) is 0 Å². The third kappa shape index (κ3) is 3.53. The van der Waals surface area contributed by atoms with Gasteiger partial charge >= 0.3 is 0 Å². The van der Waals surface area contributed by atoms with E-state index in [0.717, 1.165) is 19.3 Å². The highest BCUT2D eigenvalue weighted by atomic mass is 16.5. The van der Waals surface area contributed by atoms with Gasteiger partial charge in [-0.05, 0) is 25.7 Å². The van der Waals surface area contributed by atoms with Crippen molar-refractivity contribution in [1.29, 1.82) is 0 Å². The van der Waals surface area contributed by atoms with E-state index in [0.29, 0.717) is 13.0 Å². The Balaban J connectivity index is 2.29. The van der Waals surface area contributed by atoms with Crippen LogP contribution in [-0.4, -0.2) is 48.7 Å². The molecule has 3 N–H and O–H groups in total. The maximum atomic E-state index is 9.61. The fraction of sp³-hybridized carbons (Fsp3) is 1.00. The molecule has 0 aromatic rings. The molecule has 0 radical (unpaired) electrons. The molecule has 0 heterocycles. The smallest absolute Gasteiger partial charge is 0.0693 e. The first kappa shape index (κ1) is 11.9. The van der Waals surface area contributed by atoms with Crippen LogP contribution in [0.1, 0.15) is 25.7 Å². The summed E-state index contributed by atoms with van der Waals surface area (Å²) in [6, 6.07) is 0.337. The van der Waals surface area contributed by atoms with Crippen molar-refractivity contribution in [1.82, 2.24) is 5.32 Å². The predicted octanol–water partition coefficient (Wildman–Crippen LogP) is -0.113. The zero-order valence-electron chi connectivity index (χ0n) is 8.78. The minimum absolute atomic E-state index is 0.155. The van der Waals surface area contributed by atoms with Crippen LogP contribution in [0.3, 0.4) is 0 Å². The molecule has 4 heteroatoms. The monoisotopic (exact) mass is 203 g/mol. The lowest BCUT2D eigenvalue weighted by Crippen LogP contribution is -2.45. The van der Waals surface area contributed by atoms with Gasteiger partial charge in [-0.15, -0.1) is 0 Å². The zero-order valence-corrected chi connectivity index (χ0v) is 8.78. The van der Waals surface area contributed by atoms with Crippen molar-refractivity contribution >= 4 is 0 Å². The van der Waals surface area contributed by atoms with E-state index in [4.69, 9.17) is 9.84 Å².